The van der Waals surface area contributed by atoms with Gasteiger partial charge in [-0.2, -0.15) is 0 Å². The second kappa shape index (κ2) is 6.46. The van der Waals surface area contributed by atoms with Crippen molar-refractivity contribution in [3.05, 3.63) is 58.4 Å². The number of hydrogen-bond donors (Lipinski definition) is 1. The lowest BCUT2D eigenvalue weighted by Crippen LogP contribution is -2.18. The Balaban J connectivity index is 1.95. The number of carboxylic acids is 1. The first kappa shape index (κ1) is 15.6. The highest BCUT2D eigenvalue weighted by Gasteiger charge is 2.25. The molecule has 0 aromatic heterocycles. The van der Waals surface area contributed by atoms with Gasteiger partial charge in [-0.3, -0.25) is 4.79 Å². The second-order valence-corrected chi connectivity index (χ2v) is 5.61. The number of hydrogen-bond acceptors (Lipinski definition) is 3. The van der Waals surface area contributed by atoms with Gasteiger partial charge in [0.15, 0.2) is 11.5 Å². The van der Waals surface area contributed by atoms with Crippen LogP contribution >= 0.6 is 11.6 Å². The van der Waals surface area contributed by atoms with Crippen LogP contribution < -0.4 is 9.47 Å². The molecule has 0 saturated carbocycles. The third-order valence-electron chi connectivity index (χ3n) is 3.74. The van der Waals surface area contributed by atoms with Crippen molar-refractivity contribution in [1.29, 1.82) is 0 Å². The molecule has 6 heteroatoms. The van der Waals surface area contributed by atoms with Crippen molar-refractivity contribution in [3.63, 3.8) is 0 Å². The van der Waals surface area contributed by atoms with E-state index in [-0.39, 0.29) is 17.0 Å². The van der Waals surface area contributed by atoms with E-state index in [2.05, 4.69) is 0 Å². The molecule has 1 heterocycles. The van der Waals surface area contributed by atoms with Crippen LogP contribution in [0.15, 0.2) is 36.4 Å². The zero-order valence-corrected chi connectivity index (χ0v) is 12.8. The first-order chi connectivity index (χ1) is 11.1. The van der Waals surface area contributed by atoms with Gasteiger partial charge in [0.2, 0.25) is 0 Å². The largest absolute Gasteiger partial charge is 0.486 e. The molecule has 4 nitrogen and oxygen atoms in total. The van der Waals surface area contributed by atoms with Crippen LogP contribution in [0.2, 0.25) is 5.02 Å². The molecule has 1 atom stereocenters. The lowest BCUT2D eigenvalue weighted by Gasteiger charge is -2.21. The SMILES string of the molecule is O=C(O)C(Cc1c(F)cccc1Cl)c1ccc2c(c1)OCCO2. The number of ether oxygens (including phenoxy) is 2. The van der Waals surface area contributed by atoms with E-state index in [9.17, 15) is 14.3 Å². The Morgan fingerprint density at radius 1 is 1.22 bits per heavy atom. The molecule has 2 aromatic carbocycles. The number of benzene rings is 2. The second-order valence-electron chi connectivity index (χ2n) is 5.20. The van der Waals surface area contributed by atoms with E-state index in [1.54, 1.807) is 24.3 Å². The average Bonchev–Trinajstić information content (AvgIpc) is 2.54. The maximum Gasteiger partial charge on any atom is 0.311 e. The minimum Gasteiger partial charge on any atom is -0.486 e. The highest BCUT2D eigenvalue weighted by Crippen LogP contribution is 2.35. The molecule has 0 radical (unpaired) electrons. The van der Waals surface area contributed by atoms with Crippen LogP contribution in [0.25, 0.3) is 0 Å². The van der Waals surface area contributed by atoms with Crippen molar-refractivity contribution in [1.82, 2.24) is 0 Å². The highest BCUT2D eigenvalue weighted by atomic mass is 35.5. The third kappa shape index (κ3) is 3.24. The van der Waals surface area contributed by atoms with Crippen molar-refractivity contribution < 1.29 is 23.8 Å². The molecule has 0 spiro atoms. The van der Waals surface area contributed by atoms with E-state index < -0.39 is 17.7 Å². The molecule has 2 aromatic rings. The summed E-state index contributed by atoms with van der Waals surface area (Å²) >= 11 is 6.00. The van der Waals surface area contributed by atoms with E-state index >= 15 is 0 Å². The number of fused-ring (bicyclic) bond motifs is 1. The number of aliphatic carboxylic acids is 1. The maximum atomic E-state index is 13.9. The van der Waals surface area contributed by atoms with E-state index in [0.29, 0.717) is 30.3 Å². The molecule has 0 bridgehead atoms. The first-order valence-corrected chi connectivity index (χ1v) is 7.49. The summed E-state index contributed by atoms with van der Waals surface area (Å²) in [7, 11) is 0. The van der Waals surface area contributed by atoms with Crippen molar-refractivity contribution in [2.45, 2.75) is 12.3 Å². The molecule has 0 amide bonds. The van der Waals surface area contributed by atoms with Crippen LogP contribution in [0.3, 0.4) is 0 Å². The number of carbonyl (C=O) groups is 1. The van der Waals surface area contributed by atoms with Crippen molar-refractivity contribution in [2.24, 2.45) is 0 Å². The van der Waals surface area contributed by atoms with Gasteiger partial charge < -0.3 is 14.6 Å². The molecule has 0 saturated heterocycles. The standard InChI is InChI=1S/C17H14ClFO4/c18-13-2-1-3-14(19)12(13)9-11(17(20)21)10-4-5-15-16(8-10)23-7-6-22-15/h1-5,8,11H,6-7,9H2,(H,20,21). The Kier molecular flexibility index (Phi) is 4.39. The quantitative estimate of drug-likeness (QED) is 0.925. The fraction of sp³-hybridized carbons (Fsp3) is 0.235. The Bertz CT molecular complexity index is 727. The van der Waals surface area contributed by atoms with Crippen LogP contribution in [0.4, 0.5) is 4.39 Å². The Morgan fingerprint density at radius 3 is 2.65 bits per heavy atom. The van der Waals surface area contributed by atoms with Gasteiger partial charge in [-0.05, 0) is 36.2 Å². The van der Waals surface area contributed by atoms with E-state index in [1.165, 1.54) is 12.1 Å². The van der Waals surface area contributed by atoms with Gasteiger partial charge >= 0.3 is 5.97 Å². The van der Waals surface area contributed by atoms with Gasteiger partial charge in [0.05, 0.1) is 5.92 Å². The van der Waals surface area contributed by atoms with Crippen molar-refractivity contribution in [2.75, 3.05) is 13.2 Å². The Morgan fingerprint density at radius 2 is 1.96 bits per heavy atom. The molecule has 1 aliphatic rings. The van der Waals surface area contributed by atoms with Gasteiger partial charge in [0, 0.05) is 10.6 Å². The summed E-state index contributed by atoms with van der Waals surface area (Å²) in [5.74, 6) is -1.42. The normalized spacial score (nSPS) is 14.3. The lowest BCUT2D eigenvalue weighted by atomic mass is 9.91. The number of carboxylic acid groups (broad SMARTS) is 1. The molecule has 0 fully saturated rings. The molecule has 1 aliphatic heterocycles. The minimum absolute atomic E-state index is 0.0412. The summed E-state index contributed by atoms with van der Waals surface area (Å²) in [6.45, 7) is 0.868. The van der Waals surface area contributed by atoms with Crippen LogP contribution in [0.1, 0.15) is 17.0 Å². The fourth-order valence-corrected chi connectivity index (χ4v) is 2.80. The Hall–Kier alpha value is -2.27. The number of rotatable bonds is 4. The highest BCUT2D eigenvalue weighted by molar-refractivity contribution is 6.31. The molecule has 1 unspecified atom stereocenters. The molecular formula is C17H14ClFO4. The molecule has 120 valence electrons. The van der Waals surface area contributed by atoms with E-state index in [0.717, 1.165) is 0 Å². The molecular weight excluding hydrogens is 323 g/mol. The van der Waals surface area contributed by atoms with Gasteiger partial charge in [0.1, 0.15) is 19.0 Å². The van der Waals surface area contributed by atoms with Crippen LogP contribution in [-0.2, 0) is 11.2 Å². The zero-order chi connectivity index (χ0) is 16.4. The smallest absolute Gasteiger partial charge is 0.311 e. The first-order valence-electron chi connectivity index (χ1n) is 7.11. The topological polar surface area (TPSA) is 55.8 Å². The van der Waals surface area contributed by atoms with Crippen LogP contribution in [-0.4, -0.2) is 24.3 Å². The summed E-state index contributed by atoms with van der Waals surface area (Å²) in [5, 5.41) is 9.75. The molecule has 1 N–H and O–H groups in total. The van der Waals surface area contributed by atoms with Gasteiger partial charge in [-0.1, -0.05) is 23.7 Å². The molecule has 0 aliphatic carbocycles. The molecule has 23 heavy (non-hydrogen) atoms. The van der Waals surface area contributed by atoms with Crippen molar-refractivity contribution in [3.8, 4) is 11.5 Å². The summed E-state index contributed by atoms with van der Waals surface area (Å²) < 4.78 is 24.8. The summed E-state index contributed by atoms with van der Waals surface area (Å²) in [4.78, 5) is 11.7. The fourth-order valence-electron chi connectivity index (χ4n) is 2.56. The molecule has 3 rings (SSSR count). The van der Waals surface area contributed by atoms with Crippen molar-refractivity contribution >= 4 is 17.6 Å². The van der Waals surface area contributed by atoms with Crippen LogP contribution in [0, 0.1) is 5.82 Å². The zero-order valence-electron chi connectivity index (χ0n) is 12.1. The average molecular weight is 337 g/mol. The van der Waals surface area contributed by atoms with Gasteiger partial charge in [0.25, 0.3) is 0 Å². The summed E-state index contributed by atoms with van der Waals surface area (Å²) in [5.41, 5.74) is 0.706. The van der Waals surface area contributed by atoms with Crippen LogP contribution in [0.5, 0.6) is 11.5 Å². The maximum absolute atomic E-state index is 13.9. The minimum atomic E-state index is -1.05. The lowest BCUT2D eigenvalue weighted by molar-refractivity contribution is -0.138. The van der Waals surface area contributed by atoms with Gasteiger partial charge in [-0.25, -0.2) is 4.39 Å². The summed E-state index contributed by atoms with van der Waals surface area (Å²) in [6.07, 6.45) is -0.0412. The predicted octanol–water partition coefficient (Wildman–Crippen LogP) is 3.66. The third-order valence-corrected chi connectivity index (χ3v) is 4.09. The Labute approximate surface area is 137 Å². The summed E-state index contributed by atoms with van der Waals surface area (Å²) in [6, 6.07) is 9.25. The van der Waals surface area contributed by atoms with E-state index in [1.807, 2.05) is 0 Å². The van der Waals surface area contributed by atoms with E-state index in [4.69, 9.17) is 21.1 Å². The van der Waals surface area contributed by atoms with Gasteiger partial charge in [-0.15, -0.1) is 0 Å². The predicted molar refractivity (Wildman–Crippen MR) is 82.9 cm³/mol. The number of halogens is 2. The monoisotopic (exact) mass is 336 g/mol.